The molecule has 0 aromatic carbocycles. The number of ketones is 8. The molecule has 11 atom stereocenters. The van der Waals surface area contributed by atoms with Crippen molar-refractivity contribution in [2.24, 2.45) is 17.6 Å². The molecule has 2 unspecified atom stereocenters. The molecule has 2 aliphatic heterocycles. The van der Waals surface area contributed by atoms with E-state index in [1.54, 1.807) is 13.8 Å². The number of nitrogens with two attached hydrogens (primary N) is 1. The van der Waals surface area contributed by atoms with Gasteiger partial charge in [0.05, 0.1) is 85.3 Å². The molecule has 2 heterocycles. The van der Waals surface area contributed by atoms with E-state index in [0.29, 0.717) is 77.8 Å². The van der Waals surface area contributed by atoms with Gasteiger partial charge in [-0.05, 0) is 97.3 Å². The first-order valence-corrected chi connectivity index (χ1v) is 45.8. The molecule has 734 valence electrons. The second-order valence-corrected chi connectivity index (χ2v) is 32.6. The van der Waals surface area contributed by atoms with Crippen molar-refractivity contribution in [3.63, 3.8) is 0 Å². The summed E-state index contributed by atoms with van der Waals surface area (Å²) < 4.78 is 95.7. The number of hydrogen-bond acceptors (Lipinski definition) is 34. The quantitative estimate of drug-likeness (QED) is 0.0257. The molecule has 37 heteroatoms. The monoisotopic (exact) mass is 1830 g/mol. The van der Waals surface area contributed by atoms with Gasteiger partial charge in [0.15, 0.2) is 18.7 Å². The molecular formula is C91H152N4O33. The first-order valence-electron chi connectivity index (χ1n) is 45.8. The highest BCUT2D eigenvalue weighted by atomic mass is 16.7. The third kappa shape index (κ3) is 54.4. The van der Waals surface area contributed by atoms with Gasteiger partial charge in [-0.3, -0.25) is 76.7 Å². The number of carbonyl (C=O) groups is 16. The fourth-order valence-electron chi connectivity index (χ4n) is 14.6. The Morgan fingerprint density at radius 2 is 0.664 bits per heavy atom. The van der Waals surface area contributed by atoms with Gasteiger partial charge >= 0.3 is 29.8 Å². The van der Waals surface area contributed by atoms with Crippen molar-refractivity contribution in [3.05, 3.63) is 0 Å². The molecule has 128 heavy (non-hydrogen) atoms. The van der Waals surface area contributed by atoms with Crippen molar-refractivity contribution >= 4 is 93.8 Å². The van der Waals surface area contributed by atoms with Crippen LogP contribution in [0.15, 0.2) is 0 Å². The fourth-order valence-corrected chi connectivity index (χ4v) is 14.6. The van der Waals surface area contributed by atoms with Crippen molar-refractivity contribution in [1.29, 1.82) is 0 Å². The lowest BCUT2D eigenvalue weighted by Crippen LogP contribution is -2.63. The van der Waals surface area contributed by atoms with Crippen LogP contribution in [0.5, 0.6) is 0 Å². The third-order valence-electron chi connectivity index (χ3n) is 21.6. The van der Waals surface area contributed by atoms with Crippen molar-refractivity contribution in [2.45, 2.75) is 342 Å². The molecule has 0 aromatic rings. The third-order valence-corrected chi connectivity index (χ3v) is 21.6. The Bertz CT molecular complexity index is 3270. The van der Waals surface area contributed by atoms with Gasteiger partial charge < -0.3 is 102 Å². The minimum absolute atomic E-state index is 0.0126. The molecule has 0 aromatic heterocycles. The summed E-state index contributed by atoms with van der Waals surface area (Å²) >= 11 is 0. The number of Topliss-reactive ketones (excluding diaryl/α,β-unsaturated/α-hetero) is 8. The molecule has 3 amide bonds. The summed E-state index contributed by atoms with van der Waals surface area (Å²) in [7, 11) is 0. The number of esters is 5. The zero-order valence-electron chi connectivity index (χ0n) is 78.3. The number of rotatable bonds is 80. The maximum Gasteiger partial charge on any atom is 0.303 e. The van der Waals surface area contributed by atoms with Gasteiger partial charge in [0, 0.05) is 213 Å². The van der Waals surface area contributed by atoms with Crippen LogP contribution in [-0.2, 0) is 157 Å². The molecular weight excluding hydrogens is 1680 g/mol. The van der Waals surface area contributed by atoms with Crippen molar-refractivity contribution in [1.82, 2.24) is 16.0 Å². The summed E-state index contributed by atoms with van der Waals surface area (Å²) in [5.74, 6) is -6.93. The standard InChI is InChI=1S/C91H152N4O33/c1-13-21-71(102)33-39-90(40-34-72(103)22-14-2,41-37-75(106)25-19-47-114-49-51-116-53-55-118-57-59-120-88-64(6)86(125-69(11)100)87(126-70(12)101)81(128-88)62-123-67(9)98)94-82(110)31-28-77(108)27-29-78(92)79(109)30-32-83(111)95-91(42-35-73(104)23-17-45-112-15-3,43-36-74(105)24-18-46-113-16-4)44-38-76(107)26-20-48-115-50-52-117-54-56-119-58-60-121-89-84(93-65(7)96)85(124-68(10)99)63(5)80(127-89)61-122-66(8)97/h63-64,78,80-81,84-89H,13-62,92H2,1-12H3,(H,93,96)(H,94,110)(H,95,111)/t63-,64-,78+,80+,81-,84+,85-,86-,87+,88?,89?/m0/s1. The summed E-state index contributed by atoms with van der Waals surface area (Å²) in [6.45, 7) is 22.2. The van der Waals surface area contributed by atoms with E-state index in [1.165, 1.54) is 41.5 Å². The van der Waals surface area contributed by atoms with E-state index in [2.05, 4.69) is 16.0 Å². The van der Waals surface area contributed by atoms with Gasteiger partial charge in [0.1, 0.15) is 89.9 Å². The lowest BCUT2D eigenvalue weighted by Gasteiger charge is -2.44. The first-order chi connectivity index (χ1) is 61.1. The summed E-state index contributed by atoms with van der Waals surface area (Å²) in [6.07, 6.45) is -2.82. The van der Waals surface area contributed by atoms with Gasteiger partial charge in [-0.15, -0.1) is 0 Å². The van der Waals surface area contributed by atoms with Gasteiger partial charge in [-0.1, -0.05) is 27.7 Å². The minimum Gasteiger partial charge on any atom is -0.463 e. The molecule has 2 saturated heterocycles. The minimum atomic E-state index is -1.21. The Balaban J connectivity index is 2.02. The number of amides is 3. The van der Waals surface area contributed by atoms with Gasteiger partial charge in [-0.25, -0.2) is 0 Å². The fraction of sp³-hybridized carbons (Fsp3) is 0.824. The molecule has 37 nitrogen and oxygen atoms in total. The van der Waals surface area contributed by atoms with Gasteiger partial charge in [0.2, 0.25) is 17.7 Å². The summed E-state index contributed by atoms with van der Waals surface area (Å²) in [5.41, 5.74) is 4.02. The second kappa shape index (κ2) is 69.5. The van der Waals surface area contributed by atoms with Crippen LogP contribution in [0.1, 0.15) is 276 Å². The highest BCUT2D eigenvalue weighted by Crippen LogP contribution is 2.35. The topological polar surface area (TPSA) is 492 Å². The Morgan fingerprint density at radius 3 is 1.04 bits per heavy atom. The zero-order chi connectivity index (χ0) is 95.1. The Kier molecular flexibility index (Phi) is 63.3. The van der Waals surface area contributed by atoms with Gasteiger partial charge in [0.25, 0.3) is 0 Å². The van der Waals surface area contributed by atoms with Crippen LogP contribution < -0.4 is 21.7 Å². The number of carbonyl (C=O) groups excluding carboxylic acids is 16. The lowest BCUT2D eigenvalue weighted by atomic mass is 9.81. The number of nitrogens with one attached hydrogen (secondary N) is 3. The maximum absolute atomic E-state index is 14.1. The summed E-state index contributed by atoms with van der Waals surface area (Å²) in [4.78, 5) is 207. The molecule has 5 N–H and O–H groups in total. The van der Waals surface area contributed by atoms with Crippen LogP contribution in [0, 0.1) is 11.8 Å². The van der Waals surface area contributed by atoms with Crippen LogP contribution in [0.4, 0.5) is 0 Å². The van der Waals surface area contributed by atoms with Crippen LogP contribution in [0.2, 0.25) is 0 Å². The van der Waals surface area contributed by atoms with E-state index < -0.39 is 131 Å². The Labute approximate surface area is 755 Å². The normalized spacial score (nSPS) is 18.9. The average molecular weight is 1830 g/mol. The lowest BCUT2D eigenvalue weighted by molar-refractivity contribution is -0.290. The van der Waals surface area contributed by atoms with Crippen LogP contribution >= 0.6 is 0 Å². The van der Waals surface area contributed by atoms with Gasteiger partial charge in [-0.2, -0.15) is 0 Å². The molecule has 0 bridgehead atoms. The molecule has 0 saturated carbocycles. The molecule has 0 spiro atoms. The van der Waals surface area contributed by atoms with Crippen LogP contribution in [-0.4, -0.2) is 292 Å². The van der Waals surface area contributed by atoms with Crippen molar-refractivity contribution < 1.29 is 157 Å². The van der Waals surface area contributed by atoms with Crippen LogP contribution in [0.25, 0.3) is 0 Å². The highest BCUT2D eigenvalue weighted by Gasteiger charge is 2.50. The van der Waals surface area contributed by atoms with E-state index in [0.717, 1.165) is 0 Å². The predicted molar refractivity (Wildman–Crippen MR) is 463 cm³/mol. The number of hydrogen-bond donors (Lipinski definition) is 4. The maximum atomic E-state index is 14.1. The van der Waals surface area contributed by atoms with E-state index in [-0.39, 0.29) is 287 Å². The Hall–Kier alpha value is -7.40. The second-order valence-electron chi connectivity index (χ2n) is 32.6. The number of ether oxygens (including phenoxy) is 17. The van der Waals surface area contributed by atoms with E-state index in [1.807, 2.05) is 27.7 Å². The zero-order valence-corrected chi connectivity index (χ0v) is 78.3. The largest absolute Gasteiger partial charge is 0.463 e. The van der Waals surface area contributed by atoms with E-state index in [9.17, 15) is 76.7 Å². The summed E-state index contributed by atoms with van der Waals surface area (Å²) in [5, 5.41) is 8.88. The smallest absolute Gasteiger partial charge is 0.303 e. The van der Waals surface area contributed by atoms with Crippen molar-refractivity contribution in [3.8, 4) is 0 Å². The SMILES string of the molecule is CCCC(=O)CCC(CCC(=O)CCC)(CCC(=O)CCCOCCOCCOCCOC1O[C@@H](COC(C)=O)[C@@H](OC(C)=O)[C@@H](OC(C)=O)[C@@H]1C)NC(=O)CCC(=O)CC[C@@H](N)C(=O)CCC(=O)NC(CCC(=O)CCCOCC)(CCC(=O)CCCOCC)CCC(=O)CCCOCCOCCOCCOC1O[C@H](COC(C)=O)[C@H](C)[C@H](OC(C)=O)[C@H]1NC(C)=O. The molecule has 2 rings (SSSR count). The predicted octanol–water partition coefficient (Wildman–Crippen LogP) is 7.67. The Morgan fingerprint density at radius 1 is 0.336 bits per heavy atom. The molecule has 2 fully saturated rings. The van der Waals surface area contributed by atoms with E-state index in [4.69, 9.17) is 86.3 Å². The van der Waals surface area contributed by atoms with Crippen LogP contribution in [0.3, 0.4) is 0 Å². The molecule has 2 aliphatic rings. The van der Waals surface area contributed by atoms with E-state index >= 15 is 0 Å². The molecule has 0 aliphatic carbocycles. The average Bonchev–Trinajstić information content (AvgIpc) is 0.800. The first kappa shape index (κ1) is 117. The van der Waals surface area contributed by atoms with Crippen molar-refractivity contribution in [2.75, 3.05) is 132 Å². The molecule has 0 radical (unpaired) electrons. The highest BCUT2D eigenvalue weighted by molar-refractivity contribution is 5.90. The summed E-state index contributed by atoms with van der Waals surface area (Å²) in [6, 6.07) is -2.03.